The average Bonchev–Trinajstić information content (AvgIpc) is 1.87. The van der Waals surface area contributed by atoms with Gasteiger partial charge < -0.3 is 9.84 Å². The molecule has 5 nitrogen and oxygen atoms in total. The van der Waals surface area contributed by atoms with Crippen LogP contribution in [0.2, 0.25) is 0 Å². The van der Waals surface area contributed by atoms with Crippen molar-refractivity contribution in [1.82, 2.24) is 0 Å². The number of aliphatic carboxylic acids is 1. The van der Waals surface area contributed by atoms with Crippen molar-refractivity contribution in [2.75, 3.05) is 6.61 Å². The molecular formula is C6H9ClO5. The molecule has 0 aromatic rings. The van der Waals surface area contributed by atoms with E-state index in [1.54, 1.807) is 6.92 Å². The van der Waals surface area contributed by atoms with Crippen molar-refractivity contribution in [3.63, 3.8) is 0 Å². The van der Waals surface area contributed by atoms with Gasteiger partial charge in [-0.3, -0.25) is 9.59 Å². The summed E-state index contributed by atoms with van der Waals surface area (Å²) >= 11 is 0. The van der Waals surface area contributed by atoms with E-state index in [4.69, 9.17) is 5.11 Å². The quantitative estimate of drug-likeness (QED) is 0.389. The molecule has 0 fully saturated rings. The van der Waals surface area contributed by atoms with E-state index >= 15 is 0 Å². The Kier molecular flexibility index (Phi) is 7.42. The van der Waals surface area contributed by atoms with E-state index in [-0.39, 0.29) is 19.0 Å². The maximum atomic E-state index is 10.5. The summed E-state index contributed by atoms with van der Waals surface area (Å²) in [6.07, 6.45) is -0.691. The summed E-state index contributed by atoms with van der Waals surface area (Å²) in [5.41, 5.74) is 0. The van der Waals surface area contributed by atoms with Crippen LogP contribution < -0.4 is 0 Å². The first-order valence-electron chi connectivity index (χ1n) is 2.99. The van der Waals surface area contributed by atoms with E-state index in [1.165, 1.54) is 0 Å². The fourth-order valence-electron chi connectivity index (χ4n) is 0.419. The topological polar surface area (TPSA) is 80.7 Å². The minimum Gasteiger partial charge on any atom is -0.475 e. The number of ether oxygens (including phenoxy) is 1. The van der Waals surface area contributed by atoms with Crippen molar-refractivity contribution in [3.8, 4) is 0 Å². The molecule has 0 spiro atoms. The van der Waals surface area contributed by atoms with Crippen molar-refractivity contribution < 1.29 is 24.2 Å². The molecule has 0 aromatic heterocycles. The Morgan fingerprint density at radius 2 is 1.83 bits per heavy atom. The van der Waals surface area contributed by atoms with Crippen LogP contribution in [0.5, 0.6) is 0 Å². The summed E-state index contributed by atoms with van der Waals surface area (Å²) in [7, 11) is 0. The van der Waals surface area contributed by atoms with E-state index in [9.17, 15) is 14.4 Å². The van der Waals surface area contributed by atoms with Gasteiger partial charge in [0.1, 0.15) is 6.42 Å². The fourth-order valence-corrected chi connectivity index (χ4v) is 0.419. The summed E-state index contributed by atoms with van der Waals surface area (Å²) < 4.78 is 4.34. The van der Waals surface area contributed by atoms with Crippen molar-refractivity contribution >= 4 is 30.1 Å². The Bertz CT molecular complexity index is 188. The van der Waals surface area contributed by atoms with Crippen LogP contribution in [0.15, 0.2) is 0 Å². The van der Waals surface area contributed by atoms with E-state index < -0.39 is 24.1 Å². The molecule has 0 bridgehead atoms. The van der Waals surface area contributed by atoms with E-state index in [0.29, 0.717) is 0 Å². The van der Waals surface area contributed by atoms with Gasteiger partial charge in [0.25, 0.3) is 5.78 Å². The van der Waals surface area contributed by atoms with E-state index in [2.05, 4.69) is 4.74 Å². The molecule has 0 amide bonds. The molecule has 0 aliphatic rings. The Hall–Kier alpha value is -1.10. The zero-order valence-corrected chi connectivity index (χ0v) is 7.22. The highest BCUT2D eigenvalue weighted by Crippen LogP contribution is 1.88. The summed E-state index contributed by atoms with van der Waals surface area (Å²) in [6, 6.07) is 0. The molecule has 1 N–H and O–H groups in total. The van der Waals surface area contributed by atoms with E-state index in [1.807, 2.05) is 0 Å². The van der Waals surface area contributed by atoms with Crippen LogP contribution in [0.25, 0.3) is 0 Å². The monoisotopic (exact) mass is 196 g/mol. The largest absolute Gasteiger partial charge is 0.475 e. The van der Waals surface area contributed by atoms with Gasteiger partial charge in [-0.2, -0.15) is 0 Å². The zero-order chi connectivity index (χ0) is 8.85. The predicted octanol–water partition coefficient (Wildman–Crippen LogP) is 0.0151. The Morgan fingerprint density at radius 1 is 1.33 bits per heavy atom. The highest BCUT2D eigenvalue weighted by atomic mass is 35.5. The molecule has 0 aliphatic heterocycles. The van der Waals surface area contributed by atoms with Crippen LogP contribution in [-0.4, -0.2) is 29.4 Å². The number of Topliss-reactive ketones (excluding diaryl/α,β-unsaturated/α-hetero) is 1. The number of carbonyl (C=O) groups excluding carboxylic acids is 2. The number of carbonyl (C=O) groups is 3. The lowest BCUT2D eigenvalue weighted by atomic mass is 10.3. The molecule has 70 valence electrons. The third kappa shape index (κ3) is 5.67. The second kappa shape index (κ2) is 6.60. The molecule has 0 unspecified atom stereocenters. The van der Waals surface area contributed by atoms with Gasteiger partial charge in [0.15, 0.2) is 0 Å². The van der Waals surface area contributed by atoms with Crippen molar-refractivity contribution in [1.29, 1.82) is 0 Å². The molecule has 12 heavy (non-hydrogen) atoms. The van der Waals surface area contributed by atoms with Gasteiger partial charge in [0.2, 0.25) is 0 Å². The SMILES string of the molecule is CCOC(=O)CC(=O)C(=O)O.Cl. The normalized spacial score (nSPS) is 8.08. The number of hydrogen-bond acceptors (Lipinski definition) is 4. The number of ketones is 1. The fraction of sp³-hybridized carbons (Fsp3) is 0.500. The van der Waals surface area contributed by atoms with Gasteiger partial charge in [-0.15, -0.1) is 12.4 Å². The molecule has 0 atom stereocenters. The third-order valence-corrected chi connectivity index (χ3v) is 0.849. The summed E-state index contributed by atoms with van der Waals surface area (Å²) in [5.74, 6) is -3.57. The van der Waals surface area contributed by atoms with Crippen LogP contribution in [0.1, 0.15) is 13.3 Å². The van der Waals surface area contributed by atoms with Crippen LogP contribution in [0, 0.1) is 0 Å². The number of esters is 1. The lowest BCUT2D eigenvalue weighted by Gasteiger charge is -1.96. The highest BCUT2D eigenvalue weighted by Gasteiger charge is 2.16. The van der Waals surface area contributed by atoms with Crippen molar-refractivity contribution in [2.45, 2.75) is 13.3 Å². The first-order chi connectivity index (χ1) is 5.07. The van der Waals surface area contributed by atoms with Gasteiger partial charge in [-0.25, -0.2) is 4.79 Å². The first kappa shape index (κ1) is 13.5. The van der Waals surface area contributed by atoms with Gasteiger partial charge >= 0.3 is 11.9 Å². The average molecular weight is 197 g/mol. The molecule has 0 rings (SSSR count). The molecule has 0 aromatic carbocycles. The Balaban J connectivity index is 0. The second-order valence-electron chi connectivity index (χ2n) is 1.71. The number of hydrogen-bond donors (Lipinski definition) is 1. The number of carboxylic acid groups (broad SMARTS) is 1. The Labute approximate surface area is 75.1 Å². The zero-order valence-electron chi connectivity index (χ0n) is 6.40. The summed E-state index contributed by atoms with van der Waals surface area (Å²) in [6.45, 7) is 1.72. The summed E-state index contributed by atoms with van der Waals surface area (Å²) in [4.78, 5) is 30.7. The molecule has 0 saturated carbocycles. The number of carboxylic acids is 1. The maximum absolute atomic E-state index is 10.5. The van der Waals surface area contributed by atoms with Gasteiger partial charge in [-0.05, 0) is 6.92 Å². The first-order valence-corrected chi connectivity index (χ1v) is 2.99. The van der Waals surface area contributed by atoms with Gasteiger partial charge in [0, 0.05) is 0 Å². The minimum absolute atomic E-state index is 0. The molecule has 6 heteroatoms. The molecular weight excluding hydrogens is 188 g/mol. The standard InChI is InChI=1S/C6H8O5.ClH/c1-2-11-5(8)3-4(7)6(9)10;/h2-3H2,1H3,(H,9,10);1H. The molecule has 0 radical (unpaired) electrons. The Morgan fingerprint density at radius 3 is 2.17 bits per heavy atom. The van der Waals surface area contributed by atoms with Crippen molar-refractivity contribution in [2.24, 2.45) is 0 Å². The molecule has 0 aliphatic carbocycles. The predicted molar refractivity (Wildman–Crippen MR) is 41.1 cm³/mol. The third-order valence-electron chi connectivity index (χ3n) is 0.849. The van der Waals surface area contributed by atoms with Crippen LogP contribution in [0.3, 0.4) is 0 Å². The van der Waals surface area contributed by atoms with E-state index in [0.717, 1.165) is 0 Å². The van der Waals surface area contributed by atoms with Crippen LogP contribution in [0.4, 0.5) is 0 Å². The van der Waals surface area contributed by atoms with Crippen LogP contribution >= 0.6 is 12.4 Å². The lowest BCUT2D eigenvalue weighted by molar-refractivity contribution is -0.154. The highest BCUT2D eigenvalue weighted by molar-refractivity contribution is 6.35. The minimum atomic E-state index is -1.61. The van der Waals surface area contributed by atoms with Crippen LogP contribution in [-0.2, 0) is 19.1 Å². The summed E-state index contributed by atoms with van der Waals surface area (Å²) in [5, 5.41) is 8.04. The lowest BCUT2D eigenvalue weighted by Crippen LogP contribution is -2.18. The molecule has 0 heterocycles. The molecule has 0 saturated heterocycles. The number of rotatable bonds is 4. The van der Waals surface area contributed by atoms with Crippen molar-refractivity contribution in [3.05, 3.63) is 0 Å². The number of halogens is 1. The maximum Gasteiger partial charge on any atom is 0.372 e. The van der Waals surface area contributed by atoms with Gasteiger partial charge in [0.05, 0.1) is 6.61 Å². The smallest absolute Gasteiger partial charge is 0.372 e. The van der Waals surface area contributed by atoms with Gasteiger partial charge in [-0.1, -0.05) is 0 Å². The second-order valence-corrected chi connectivity index (χ2v) is 1.71.